The predicted octanol–water partition coefficient (Wildman–Crippen LogP) is 3.44. The summed E-state index contributed by atoms with van der Waals surface area (Å²) in [7, 11) is 0. The average Bonchev–Trinajstić information content (AvgIpc) is 2.30. The molecule has 17 heavy (non-hydrogen) atoms. The van der Waals surface area contributed by atoms with Gasteiger partial charge in [0.1, 0.15) is 6.61 Å². The molecule has 0 amide bonds. The molecule has 0 fully saturated rings. The maximum Gasteiger partial charge on any atom is 0.302 e. The number of esters is 1. The first kappa shape index (κ1) is 13.5. The lowest BCUT2D eigenvalue weighted by atomic mass is 10.1. The molecule has 2 nitrogen and oxygen atoms in total. The molecule has 2 heteroatoms. The van der Waals surface area contributed by atoms with Crippen LogP contribution in [0.1, 0.15) is 30.9 Å². The third-order valence-corrected chi connectivity index (χ3v) is 2.51. The summed E-state index contributed by atoms with van der Waals surface area (Å²) in [4.78, 5) is 10.5. The van der Waals surface area contributed by atoms with Gasteiger partial charge in [0.15, 0.2) is 0 Å². The monoisotopic (exact) mass is 232 g/mol. The number of ether oxygens (including phenoxy) is 1. The van der Waals surface area contributed by atoms with Crippen LogP contribution in [-0.2, 0) is 16.0 Å². The highest BCUT2D eigenvalue weighted by molar-refractivity contribution is 5.65. The van der Waals surface area contributed by atoms with Crippen LogP contribution in [0.4, 0.5) is 0 Å². The SMILES string of the molecule is CC(=O)OCC=CCCCc1ccc(C)cc1. The van der Waals surface area contributed by atoms with Gasteiger partial charge in [-0.1, -0.05) is 42.0 Å². The number of carbonyl (C=O) groups is 1. The molecule has 0 radical (unpaired) electrons. The van der Waals surface area contributed by atoms with Gasteiger partial charge in [-0.15, -0.1) is 0 Å². The fourth-order valence-electron chi connectivity index (χ4n) is 1.53. The topological polar surface area (TPSA) is 26.3 Å². The molecule has 0 bridgehead atoms. The highest BCUT2D eigenvalue weighted by Gasteiger charge is 1.92. The van der Waals surface area contributed by atoms with Crippen LogP contribution in [0.2, 0.25) is 0 Å². The third kappa shape index (κ3) is 6.56. The average molecular weight is 232 g/mol. The number of benzene rings is 1. The van der Waals surface area contributed by atoms with E-state index in [0.29, 0.717) is 6.61 Å². The molecule has 0 heterocycles. The summed E-state index contributed by atoms with van der Waals surface area (Å²) in [6.45, 7) is 3.91. The Balaban J connectivity index is 2.11. The number of hydrogen-bond acceptors (Lipinski definition) is 2. The second kappa shape index (κ2) is 7.66. The van der Waals surface area contributed by atoms with Crippen LogP contribution in [0.5, 0.6) is 0 Å². The van der Waals surface area contributed by atoms with Gasteiger partial charge in [0, 0.05) is 6.92 Å². The van der Waals surface area contributed by atoms with E-state index in [1.54, 1.807) is 0 Å². The summed E-state index contributed by atoms with van der Waals surface area (Å²) in [6, 6.07) is 8.65. The zero-order valence-electron chi connectivity index (χ0n) is 10.6. The van der Waals surface area contributed by atoms with E-state index in [9.17, 15) is 4.79 Å². The number of hydrogen-bond donors (Lipinski definition) is 0. The highest BCUT2D eigenvalue weighted by Crippen LogP contribution is 2.07. The largest absolute Gasteiger partial charge is 0.462 e. The fourth-order valence-corrected chi connectivity index (χ4v) is 1.53. The minimum Gasteiger partial charge on any atom is -0.462 e. The molecule has 0 aromatic heterocycles. The van der Waals surface area contributed by atoms with Gasteiger partial charge in [-0.3, -0.25) is 4.79 Å². The molecule has 0 spiro atoms. The quantitative estimate of drug-likeness (QED) is 0.426. The van der Waals surface area contributed by atoms with Crippen molar-refractivity contribution >= 4 is 5.97 Å². The number of allylic oxidation sites excluding steroid dienone is 1. The molecule has 0 saturated carbocycles. The van der Waals surface area contributed by atoms with E-state index in [0.717, 1.165) is 19.3 Å². The maximum atomic E-state index is 10.5. The van der Waals surface area contributed by atoms with Crippen molar-refractivity contribution in [3.05, 3.63) is 47.5 Å². The van der Waals surface area contributed by atoms with Crippen molar-refractivity contribution in [1.29, 1.82) is 0 Å². The van der Waals surface area contributed by atoms with Gasteiger partial charge < -0.3 is 4.74 Å². The molecule has 0 N–H and O–H groups in total. The van der Waals surface area contributed by atoms with Crippen LogP contribution in [0.15, 0.2) is 36.4 Å². The first-order valence-corrected chi connectivity index (χ1v) is 6.02. The molecule has 0 atom stereocenters. The Morgan fingerprint density at radius 2 is 1.94 bits per heavy atom. The van der Waals surface area contributed by atoms with E-state index in [2.05, 4.69) is 37.3 Å². The van der Waals surface area contributed by atoms with Crippen molar-refractivity contribution in [1.82, 2.24) is 0 Å². The van der Waals surface area contributed by atoms with Gasteiger partial charge in [-0.05, 0) is 31.7 Å². The van der Waals surface area contributed by atoms with Gasteiger partial charge in [0.25, 0.3) is 0 Å². The van der Waals surface area contributed by atoms with Crippen LogP contribution in [-0.4, -0.2) is 12.6 Å². The van der Waals surface area contributed by atoms with E-state index in [1.165, 1.54) is 18.1 Å². The summed E-state index contributed by atoms with van der Waals surface area (Å²) in [6.07, 6.45) is 7.21. The smallest absolute Gasteiger partial charge is 0.302 e. The summed E-state index contributed by atoms with van der Waals surface area (Å²) in [5.74, 6) is -0.227. The molecule has 1 rings (SSSR count). The molecule has 1 aromatic rings. The van der Waals surface area contributed by atoms with Crippen LogP contribution in [0.25, 0.3) is 0 Å². The Bertz CT molecular complexity index is 363. The summed E-state index contributed by atoms with van der Waals surface area (Å²) < 4.78 is 4.79. The van der Waals surface area contributed by atoms with Crippen molar-refractivity contribution in [2.75, 3.05) is 6.61 Å². The van der Waals surface area contributed by atoms with E-state index in [-0.39, 0.29) is 5.97 Å². The molecular weight excluding hydrogens is 212 g/mol. The van der Waals surface area contributed by atoms with Crippen LogP contribution in [0, 0.1) is 6.92 Å². The number of rotatable bonds is 6. The van der Waals surface area contributed by atoms with Crippen molar-refractivity contribution in [2.45, 2.75) is 33.1 Å². The van der Waals surface area contributed by atoms with Gasteiger partial charge >= 0.3 is 5.97 Å². The number of aryl methyl sites for hydroxylation is 2. The minimum absolute atomic E-state index is 0.227. The van der Waals surface area contributed by atoms with Gasteiger partial charge in [-0.2, -0.15) is 0 Å². The summed E-state index contributed by atoms with van der Waals surface area (Å²) in [5.41, 5.74) is 2.68. The normalized spacial score (nSPS) is 10.7. The molecule has 92 valence electrons. The molecule has 0 saturated heterocycles. The van der Waals surface area contributed by atoms with Crippen molar-refractivity contribution in [3.8, 4) is 0 Å². The minimum atomic E-state index is -0.227. The van der Waals surface area contributed by atoms with Gasteiger partial charge in [0.2, 0.25) is 0 Å². The fraction of sp³-hybridized carbons (Fsp3) is 0.400. The molecular formula is C15H20O2. The number of carbonyl (C=O) groups excluding carboxylic acids is 1. The van der Waals surface area contributed by atoms with Crippen LogP contribution < -0.4 is 0 Å². The Morgan fingerprint density at radius 1 is 1.24 bits per heavy atom. The Labute approximate surface area is 103 Å². The predicted molar refractivity (Wildman–Crippen MR) is 69.9 cm³/mol. The summed E-state index contributed by atoms with van der Waals surface area (Å²) >= 11 is 0. The van der Waals surface area contributed by atoms with Crippen LogP contribution in [0.3, 0.4) is 0 Å². The molecule has 0 aliphatic carbocycles. The Kier molecular flexibility index (Phi) is 6.08. The Morgan fingerprint density at radius 3 is 2.59 bits per heavy atom. The maximum absolute atomic E-state index is 10.5. The second-order valence-corrected chi connectivity index (χ2v) is 4.15. The van der Waals surface area contributed by atoms with Crippen molar-refractivity contribution in [2.24, 2.45) is 0 Å². The zero-order valence-corrected chi connectivity index (χ0v) is 10.6. The van der Waals surface area contributed by atoms with E-state index in [1.807, 2.05) is 6.08 Å². The second-order valence-electron chi connectivity index (χ2n) is 4.15. The Hall–Kier alpha value is -1.57. The lowest BCUT2D eigenvalue weighted by molar-refractivity contribution is -0.139. The van der Waals surface area contributed by atoms with Crippen molar-refractivity contribution in [3.63, 3.8) is 0 Å². The van der Waals surface area contributed by atoms with E-state index >= 15 is 0 Å². The van der Waals surface area contributed by atoms with Gasteiger partial charge in [-0.25, -0.2) is 0 Å². The molecule has 0 aliphatic heterocycles. The van der Waals surface area contributed by atoms with Crippen molar-refractivity contribution < 1.29 is 9.53 Å². The molecule has 1 aromatic carbocycles. The highest BCUT2D eigenvalue weighted by atomic mass is 16.5. The third-order valence-electron chi connectivity index (χ3n) is 2.51. The van der Waals surface area contributed by atoms with E-state index in [4.69, 9.17) is 4.74 Å². The lowest BCUT2D eigenvalue weighted by Gasteiger charge is -2.00. The first-order chi connectivity index (χ1) is 8.18. The van der Waals surface area contributed by atoms with Crippen LogP contribution >= 0.6 is 0 Å². The summed E-state index contributed by atoms with van der Waals surface area (Å²) in [5, 5.41) is 0. The molecule has 0 aliphatic rings. The molecule has 0 unspecified atom stereocenters. The lowest BCUT2D eigenvalue weighted by Crippen LogP contribution is -1.97. The number of unbranched alkanes of at least 4 members (excludes halogenated alkanes) is 1. The zero-order chi connectivity index (χ0) is 12.5. The van der Waals surface area contributed by atoms with Gasteiger partial charge in [0.05, 0.1) is 0 Å². The first-order valence-electron chi connectivity index (χ1n) is 6.02. The van der Waals surface area contributed by atoms with E-state index < -0.39 is 0 Å². The standard InChI is InChI=1S/C15H20O2/c1-13-8-10-15(11-9-13)7-5-3-4-6-12-17-14(2)16/h4,6,8-11H,3,5,7,12H2,1-2H3.